The van der Waals surface area contributed by atoms with E-state index in [-0.39, 0.29) is 35.1 Å². The Bertz CT molecular complexity index is 1490. The molecule has 2 amide bonds. The lowest BCUT2D eigenvalue weighted by molar-refractivity contribution is -0.113. The molecule has 0 spiro atoms. The standard InChI is InChI=1S/C25H27FN6O3S/c1-14(2)12-31-23(35)19-10-5-16(22(34)27-15(3)4)11-20(19)32-24(31)29-30-25(32)36-13-21(33)28-18-8-6-17(26)7-9-18/h5-11,14-15H,12-13H2,1-4H3,(H,27,34)(H,28,33). The molecule has 36 heavy (non-hydrogen) atoms. The number of amides is 2. The maximum absolute atomic E-state index is 13.3. The predicted molar refractivity (Wildman–Crippen MR) is 138 cm³/mol. The summed E-state index contributed by atoms with van der Waals surface area (Å²) in [6, 6.07) is 10.3. The number of fused-ring (bicyclic) bond motifs is 3. The molecule has 0 bridgehead atoms. The minimum Gasteiger partial charge on any atom is -0.350 e. The lowest BCUT2D eigenvalue weighted by Crippen LogP contribution is -2.30. The first kappa shape index (κ1) is 25.4. The first-order valence-corrected chi connectivity index (χ1v) is 12.5. The first-order valence-electron chi connectivity index (χ1n) is 11.5. The molecule has 2 heterocycles. The quantitative estimate of drug-likeness (QED) is 0.350. The number of thioether (sulfide) groups is 1. The van der Waals surface area contributed by atoms with Crippen molar-refractivity contribution in [2.75, 3.05) is 11.1 Å². The molecule has 0 fully saturated rings. The monoisotopic (exact) mass is 510 g/mol. The molecular formula is C25H27FN6O3S. The van der Waals surface area contributed by atoms with Crippen LogP contribution in [0.5, 0.6) is 0 Å². The van der Waals surface area contributed by atoms with Crippen LogP contribution in [0.2, 0.25) is 0 Å². The molecule has 2 aromatic heterocycles. The van der Waals surface area contributed by atoms with Crippen LogP contribution in [0.4, 0.5) is 10.1 Å². The van der Waals surface area contributed by atoms with Gasteiger partial charge in [0.15, 0.2) is 5.16 Å². The summed E-state index contributed by atoms with van der Waals surface area (Å²) in [5, 5.41) is 14.9. The van der Waals surface area contributed by atoms with Gasteiger partial charge in [-0.15, -0.1) is 10.2 Å². The van der Waals surface area contributed by atoms with E-state index < -0.39 is 5.82 Å². The third-order valence-corrected chi connectivity index (χ3v) is 6.19. The third-order valence-electron chi connectivity index (χ3n) is 5.26. The van der Waals surface area contributed by atoms with E-state index in [1.54, 1.807) is 27.2 Å². The van der Waals surface area contributed by atoms with Gasteiger partial charge in [0.2, 0.25) is 11.7 Å². The van der Waals surface area contributed by atoms with Crippen molar-refractivity contribution in [3.05, 3.63) is 64.2 Å². The lowest BCUT2D eigenvalue weighted by atomic mass is 10.1. The van der Waals surface area contributed by atoms with Gasteiger partial charge in [-0.25, -0.2) is 4.39 Å². The largest absolute Gasteiger partial charge is 0.350 e. The van der Waals surface area contributed by atoms with Gasteiger partial charge < -0.3 is 10.6 Å². The summed E-state index contributed by atoms with van der Waals surface area (Å²) in [7, 11) is 0. The number of rotatable bonds is 8. The van der Waals surface area contributed by atoms with Gasteiger partial charge in [0, 0.05) is 23.8 Å². The number of anilines is 1. The topological polar surface area (TPSA) is 110 Å². The number of halogens is 1. The summed E-state index contributed by atoms with van der Waals surface area (Å²) >= 11 is 1.15. The number of hydrogen-bond donors (Lipinski definition) is 2. The fourth-order valence-electron chi connectivity index (χ4n) is 3.75. The Morgan fingerprint density at radius 3 is 2.44 bits per heavy atom. The molecule has 2 N–H and O–H groups in total. The summed E-state index contributed by atoms with van der Waals surface area (Å²) in [5.41, 5.74) is 1.14. The van der Waals surface area contributed by atoms with E-state index in [0.29, 0.717) is 39.6 Å². The highest BCUT2D eigenvalue weighted by atomic mass is 32.2. The number of benzene rings is 2. The second-order valence-electron chi connectivity index (χ2n) is 9.13. The van der Waals surface area contributed by atoms with E-state index in [0.717, 1.165) is 11.8 Å². The van der Waals surface area contributed by atoms with Gasteiger partial charge >= 0.3 is 0 Å². The van der Waals surface area contributed by atoms with Crippen LogP contribution in [-0.2, 0) is 11.3 Å². The molecule has 0 unspecified atom stereocenters. The molecule has 0 atom stereocenters. The average molecular weight is 511 g/mol. The van der Waals surface area contributed by atoms with E-state index in [4.69, 9.17) is 0 Å². The molecule has 2 aromatic carbocycles. The number of carbonyl (C=O) groups is 2. The Kier molecular flexibility index (Phi) is 7.39. The lowest BCUT2D eigenvalue weighted by Gasteiger charge is -2.14. The van der Waals surface area contributed by atoms with E-state index in [1.165, 1.54) is 24.3 Å². The molecule has 9 nitrogen and oxygen atoms in total. The van der Waals surface area contributed by atoms with Crippen LogP contribution in [0, 0.1) is 11.7 Å². The van der Waals surface area contributed by atoms with E-state index >= 15 is 0 Å². The van der Waals surface area contributed by atoms with Crippen molar-refractivity contribution < 1.29 is 14.0 Å². The number of nitrogens with zero attached hydrogens (tertiary/aromatic N) is 4. The Morgan fingerprint density at radius 2 is 1.78 bits per heavy atom. The van der Waals surface area contributed by atoms with Gasteiger partial charge in [0.25, 0.3) is 11.5 Å². The van der Waals surface area contributed by atoms with Crippen molar-refractivity contribution in [2.45, 2.75) is 45.4 Å². The Hall–Kier alpha value is -3.73. The first-order chi connectivity index (χ1) is 17.1. The van der Waals surface area contributed by atoms with Crippen LogP contribution in [0.15, 0.2) is 52.4 Å². The van der Waals surface area contributed by atoms with Crippen molar-refractivity contribution in [1.29, 1.82) is 0 Å². The number of hydrogen-bond acceptors (Lipinski definition) is 6. The molecule has 0 aliphatic carbocycles. The normalized spacial score (nSPS) is 11.5. The summed E-state index contributed by atoms with van der Waals surface area (Å²) in [4.78, 5) is 38.5. The van der Waals surface area contributed by atoms with Crippen LogP contribution in [0.3, 0.4) is 0 Å². The molecule has 4 aromatic rings. The highest BCUT2D eigenvalue weighted by molar-refractivity contribution is 7.99. The molecule has 0 radical (unpaired) electrons. The fraction of sp³-hybridized carbons (Fsp3) is 0.320. The summed E-state index contributed by atoms with van der Waals surface area (Å²) in [6.07, 6.45) is 0. The maximum Gasteiger partial charge on any atom is 0.262 e. The van der Waals surface area contributed by atoms with Crippen molar-refractivity contribution in [1.82, 2.24) is 24.5 Å². The maximum atomic E-state index is 13.3. The summed E-state index contributed by atoms with van der Waals surface area (Å²) in [5.74, 6) is -0.430. The van der Waals surface area contributed by atoms with Crippen molar-refractivity contribution in [2.24, 2.45) is 5.92 Å². The molecule has 0 saturated heterocycles. The number of carbonyl (C=O) groups excluding carboxylic acids is 2. The second kappa shape index (κ2) is 10.5. The minimum absolute atomic E-state index is 0.0104. The van der Waals surface area contributed by atoms with Crippen molar-refractivity contribution >= 4 is 45.9 Å². The van der Waals surface area contributed by atoms with Crippen LogP contribution in [-0.4, -0.2) is 42.8 Å². The average Bonchev–Trinajstić information content (AvgIpc) is 3.25. The molecular weight excluding hydrogens is 483 g/mol. The zero-order valence-corrected chi connectivity index (χ0v) is 21.2. The zero-order valence-electron chi connectivity index (χ0n) is 20.4. The van der Waals surface area contributed by atoms with Crippen LogP contribution in [0.1, 0.15) is 38.1 Å². The highest BCUT2D eigenvalue weighted by Gasteiger charge is 2.20. The van der Waals surface area contributed by atoms with Gasteiger partial charge in [-0.2, -0.15) is 0 Å². The number of nitrogens with one attached hydrogen (secondary N) is 2. The minimum atomic E-state index is -0.391. The van der Waals surface area contributed by atoms with Crippen molar-refractivity contribution in [3.63, 3.8) is 0 Å². The van der Waals surface area contributed by atoms with E-state index in [2.05, 4.69) is 20.8 Å². The van der Waals surface area contributed by atoms with Crippen molar-refractivity contribution in [3.8, 4) is 0 Å². The SMILES string of the molecule is CC(C)Cn1c(=O)c2ccc(C(=O)NC(C)C)cc2n2c(SCC(=O)Nc3ccc(F)cc3)nnc12. The van der Waals surface area contributed by atoms with E-state index in [9.17, 15) is 18.8 Å². The molecule has 0 aliphatic heterocycles. The van der Waals surface area contributed by atoms with Crippen LogP contribution in [0.25, 0.3) is 16.7 Å². The molecule has 4 rings (SSSR count). The molecule has 0 aliphatic rings. The third kappa shape index (κ3) is 5.40. The smallest absolute Gasteiger partial charge is 0.262 e. The number of aromatic nitrogens is 4. The Labute approximate surface area is 211 Å². The fourth-order valence-corrected chi connectivity index (χ4v) is 4.49. The van der Waals surface area contributed by atoms with Crippen LogP contribution >= 0.6 is 11.8 Å². The molecule has 0 saturated carbocycles. The predicted octanol–water partition coefficient (Wildman–Crippen LogP) is 3.71. The van der Waals surface area contributed by atoms with Gasteiger partial charge in [-0.05, 0) is 62.2 Å². The molecule has 11 heteroatoms. The van der Waals surface area contributed by atoms with Crippen LogP contribution < -0.4 is 16.2 Å². The highest BCUT2D eigenvalue weighted by Crippen LogP contribution is 2.23. The van der Waals surface area contributed by atoms with E-state index in [1.807, 2.05) is 27.7 Å². The van der Waals surface area contributed by atoms with Gasteiger partial charge in [-0.1, -0.05) is 25.6 Å². The zero-order chi connectivity index (χ0) is 26.0. The summed E-state index contributed by atoms with van der Waals surface area (Å²) in [6.45, 7) is 8.17. The molecule has 188 valence electrons. The van der Waals surface area contributed by atoms with Gasteiger partial charge in [-0.3, -0.25) is 23.4 Å². The Morgan fingerprint density at radius 1 is 1.06 bits per heavy atom. The second-order valence-corrected chi connectivity index (χ2v) is 10.1. The Balaban J connectivity index is 1.74. The summed E-state index contributed by atoms with van der Waals surface area (Å²) < 4.78 is 16.4. The van der Waals surface area contributed by atoms with Gasteiger partial charge in [0.1, 0.15) is 5.82 Å². The van der Waals surface area contributed by atoms with Gasteiger partial charge in [0.05, 0.1) is 16.7 Å².